The Balaban J connectivity index is 1.80. The van der Waals surface area contributed by atoms with E-state index in [-0.39, 0.29) is 33.8 Å². The van der Waals surface area contributed by atoms with E-state index in [9.17, 15) is 9.59 Å². The Morgan fingerprint density at radius 1 is 1.38 bits per heavy atom. The predicted molar refractivity (Wildman–Crippen MR) is 78.3 cm³/mol. The minimum absolute atomic E-state index is 0.00508. The molecule has 1 aliphatic heterocycles. The van der Waals surface area contributed by atoms with Gasteiger partial charge in [0.15, 0.2) is 0 Å². The summed E-state index contributed by atoms with van der Waals surface area (Å²) in [7, 11) is 0. The summed E-state index contributed by atoms with van der Waals surface area (Å²) in [5, 5.41) is 19.1. The van der Waals surface area contributed by atoms with E-state index >= 15 is 0 Å². The summed E-state index contributed by atoms with van der Waals surface area (Å²) < 4.78 is 0.247. The molecule has 0 atom stereocenters. The molecule has 2 rings (SSSR count). The standard InChI is InChI=1S/C12H17ClN4O3S/c13-12-16-15-10(21-12)11(20)17-5-2-8(3-6-17)9(19)14-4-1-7-18/h8,18H,1-7H2,(H,14,19). The zero-order valence-electron chi connectivity index (χ0n) is 11.4. The smallest absolute Gasteiger partial charge is 0.284 e. The van der Waals surface area contributed by atoms with E-state index in [1.807, 2.05) is 0 Å². The van der Waals surface area contributed by atoms with Gasteiger partial charge in [0.2, 0.25) is 15.4 Å². The highest BCUT2D eigenvalue weighted by Gasteiger charge is 2.29. The van der Waals surface area contributed by atoms with Gasteiger partial charge < -0.3 is 15.3 Å². The number of piperidine rings is 1. The fourth-order valence-corrected chi connectivity index (χ4v) is 3.00. The lowest BCUT2D eigenvalue weighted by molar-refractivity contribution is -0.126. The molecular weight excluding hydrogens is 316 g/mol. The molecule has 0 unspecified atom stereocenters. The van der Waals surface area contributed by atoms with Crippen molar-refractivity contribution < 1.29 is 14.7 Å². The lowest BCUT2D eigenvalue weighted by Gasteiger charge is -2.30. The molecule has 116 valence electrons. The van der Waals surface area contributed by atoms with Crippen molar-refractivity contribution in [1.29, 1.82) is 0 Å². The van der Waals surface area contributed by atoms with Crippen LogP contribution in [0.1, 0.15) is 29.1 Å². The van der Waals surface area contributed by atoms with Crippen molar-refractivity contribution >= 4 is 34.8 Å². The fourth-order valence-electron chi connectivity index (χ4n) is 2.21. The molecule has 1 saturated heterocycles. The quantitative estimate of drug-likeness (QED) is 0.767. The number of aromatic nitrogens is 2. The first-order valence-electron chi connectivity index (χ1n) is 6.78. The fraction of sp³-hybridized carbons (Fsp3) is 0.667. The average molecular weight is 333 g/mol. The highest BCUT2D eigenvalue weighted by atomic mass is 35.5. The summed E-state index contributed by atoms with van der Waals surface area (Å²) in [6.45, 7) is 1.59. The molecule has 0 bridgehead atoms. The van der Waals surface area contributed by atoms with Gasteiger partial charge in [0.25, 0.3) is 5.91 Å². The number of rotatable bonds is 5. The second-order valence-electron chi connectivity index (χ2n) is 4.79. The molecule has 2 amide bonds. The van der Waals surface area contributed by atoms with Gasteiger partial charge in [0, 0.05) is 32.2 Å². The third-order valence-electron chi connectivity index (χ3n) is 3.37. The third kappa shape index (κ3) is 4.36. The highest BCUT2D eigenvalue weighted by molar-refractivity contribution is 7.17. The third-order valence-corrected chi connectivity index (χ3v) is 4.38. The molecular formula is C12H17ClN4O3S. The summed E-state index contributed by atoms with van der Waals surface area (Å²) in [4.78, 5) is 25.7. The largest absolute Gasteiger partial charge is 0.396 e. The van der Waals surface area contributed by atoms with Gasteiger partial charge in [0.1, 0.15) is 0 Å². The Hall–Kier alpha value is -1.25. The van der Waals surface area contributed by atoms with Gasteiger partial charge in [-0.1, -0.05) is 11.3 Å². The number of aliphatic hydroxyl groups excluding tert-OH is 1. The molecule has 21 heavy (non-hydrogen) atoms. The van der Waals surface area contributed by atoms with Gasteiger partial charge in [-0.2, -0.15) is 0 Å². The van der Waals surface area contributed by atoms with Crippen LogP contribution in [-0.4, -0.2) is 58.3 Å². The minimum atomic E-state index is -0.182. The van der Waals surface area contributed by atoms with E-state index in [1.165, 1.54) is 0 Å². The van der Waals surface area contributed by atoms with Gasteiger partial charge in [-0.3, -0.25) is 9.59 Å². The minimum Gasteiger partial charge on any atom is -0.396 e. The molecule has 7 nitrogen and oxygen atoms in total. The van der Waals surface area contributed by atoms with Gasteiger partial charge in [-0.25, -0.2) is 0 Å². The van der Waals surface area contributed by atoms with Crippen molar-refractivity contribution in [2.24, 2.45) is 5.92 Å². The molecule has 9 heteroatoms. The van der Waals surface area contributed by atoms with Crippen LogP contribution >= 0.6 is 22.9 Å². The van der Waals surface area contributed by atoms with E-state index in [1.54, 1.807) is 4.90 Å². The molecule has 0 radical (unpaired) electrons. The van der Waals surface area contributed by atoms with Crippen LogP contribution in [0, 0.1) is 5.92 Å². The first kappa shape index (κ1) is 16.1. The van der Waals surface area contributed by atoms with E-state index in [4.69, 9.17) is 16.7 Å². The maximum atomic E-state index is 12.1. The Bertz CT molecular complexity index is 502. The summed E-state index contributed by atoms with van der Waals surface area (Å²) in [5.74, 6) is -0.265. The lowest BCUT2D eigenvalue weighted by Crippen LogP contribution is -2.43. The summed E-state index contributed by atoms with van der Waals surface area (Å²) in [6.07, 6.45) is 1.81. The van der Waals surface area contributed by atoms with E-state index in [2.05, 4.69) is 15.5 Å². The first-order chi connectivity index (χ1) is 10.1. The molecule has 0 aliphatic carbocycles. The molecule has 2 N–H and O–H groups in total. The van der Waals surface area contributed by atoms with E-state index < -0.39 is 0 Å². The van der Waals surface area contributed by atoms with Crippen LogP contribution in [0.3, 0.4) is 0 Å². The maximum Gasteiger partial charge on any atom is 0.284 e. The van der Waals surface area contributed by atoms with Gasteiger partial charge in [0.05, 0.1) is 0 Å². The van der Waals surface area contributed by atoms with E-state index in [0.717, 1.165) is 11.3 Å². The zero-order valence-corrected chi connectivity index (χ0v) is 13.0. The molecule has 2 heterocycles. The molecule has 0 aromatic carbocycles. The van der Waals surface area contributed by atoms with Gasteiger partial charge >= 0.3 is 0 Å². The number of hydrogen-bond acceptors (Lipinski definition) is 6. The van der Waals surface area contributed by atoms with E-state index in [0.29, 0.717) is 38.9 Å². The van der Waals surface area contributed by atoms with Crippen LogP contribution in [-0.2, 0) is 4.79 Å². The average Bonchev–Trinajstić information content (AvgIpc) is 2.93. The second kappa shape index (κ2) is 7.67. The maximum absolute atomic E-state index is 12.1. The molecule has 0 spiro atoms. The topological polar surface area (TPSA) is 95.4 Å². The Morgan fingerprint density at radius 2 is 2.10 bits per heavy atom. The van der Waals surface area contributed by atoms with Crippen molar-refractivity contribution in [2.75, 3.05) is 26.2 Å². The number of amides is 2. The number of aliphatic hydroxyl groups is 1. The molecule has 1 aromatic rings. The van der Waals surface area contributed by atoms with Crippen LogP contribution in [0.5, 0.6) is 0 Å². The monoisotopic (exact) mass is 332 g/mol. The molecule has 1 fully saturated rings. The van der Waals surface area contributed by atoms with Crippen LogP contribution < -0.4 is 5.32 Å². The van der Waals surface area contributed by atoms with Crippen molar-refractivity contribution in [3.63, 3.8) is 0 Å². The first-order valence-corrected chi connectivity index (χ1v) is 7.98. The lowest BCUT2D eigenvalue weighted by atomic mass is 9.96. The van der Waals surface area contributed by atoms with Gasteiger partial charge in [-0.15, -0.1) is 10.2 Å². The number of nitrogens with zero attached hydrogens (tertiary/aromatic N) is 3. The van der Waals surface area contributed by atoms with Crippen molar-refractivity contribution in [3.8, 4) is 0 Å². The number of carbonyl (C=O) groups excluding carboxylic acids is 2. The SMILES string of the molecule is O=C(NCCCO)C1CCN(C(=O)c2nnc(Cl)s2)CC1. The Labute approximate surface area is 131 Å². The Morgan fingerprint density at radius 3 is 2.67 bits per heavy atom. The highest BCUT2D eigenvalue weighted by Crippen LogP contribution is 2.21. The number of halogens is 1. The van der Waals surface area contributed by atoms with Crippen LogP contribution in [0.4, 0.5) is 0 Å². The van der Waals surface area contributed by atoms with Crippen LogP contribution in [0.25, 0.3) is 0 Å². The zero-order chi connectivity index (χ0) is 15.2. The number of likely N-dealkylation sites (tertiary alicyclic amines) is 1. The van der Waals surface area contributed by atoms with Gasteiger partial charge in [-0.05, 0) is 30.9 Å². The van der Waals surface area contributed by atoms with Crippen LogP contribution in [0.2, 0.25) is 4.47 Å². The Kier molecular flexibility index (Phi) is 5.89. The summed E-state index contributed by atoms with van der Waals surface area (Å²) in [6, 6.07) is 0. The van der Waals surface area contributed by atoms with Crippen molar-refractivity contribution in [1.82, 2.24) is 20.4 Å². The summed E-state index contributed by atoms with van der Waals surface area (Å²) in [5.41, 5.74) is 0. The number of nitrogens with one attached hydrogen (secondary N) is 1. The summed E-state index contributed by atoms with van der Waals surface area (Å²) >= 11 is 6.73. The number of carbonyl (C=O) groups is 2. The second-order valence-corrected chi connectivity index (χ2v) is 6.35. The van der Waals surface area contributed by atoms with Crippen molar-refractivity contribution in [2.45, 2.75) is 19.3 Å². The molecule has 0 saturated carbocycles. The predicted octanol–water partition coefficient (Wildman–Crippen LogP) is 0.542. The molecule has 1 aromatic heterocycles. The molecule has 1 aliphatic rings. The number of hydrogen-bond donors (Lipinski definition) is 2. The van der Waals surface area contributed by atoms with Crippen LogP contribution in [0.15, 0.2) is 0 Å². The normalized spacial score (nSPS) is 16.0. The van der Waals surface area contributed by atoms with Crippen molar-refractivity contribution in [3.05, 3.63) is 9.47 Å².